The molecule has 0 unspecified atom stereocenters. The molecular weight excluding hydrogens is 275 g/mol. The quantitative estimate of drug-likeness (QED) is 0.795. The van der Waals surface area contributed by atoms with Gasteiger partial charge < -0.3 is 4.55 Å². The van der Waals surface area contributed by atoms with Crippen LogP contribution in [-0.2, 0) is 16.5 Å². The first-order valence-corrected chi connectivity index (χ1v) is 5.96. The van der Waals surface area contributed by atoms with Gasteiger partial charge in [0.2, 0.25) is 0 Å². The maximum absolute atomic E-state index is 12.1. The van der Waals surface area contributed by atoms with E-state index >= 15 is 0 Å². The van der Waals surface area contributed by atoms with E-state index in [2.05, 4.69) is 15.9 Å². The van der Waals surface area contributed by atoms with Gasteiger partial charge in [0.1, 0.15) is 10.1 Å². The summed E-state index contributed by atoms with van der Waals surface area (Å²) in [4.78, 5) is -0.357. The second kappa shape index (κ2) is 4.37. The zero-order chi connectivity index (χ0) is 10.8. The fourth-order valence-electron chi connectivity index (χ4n) is 1.11. The topological polar surface area (TPSA) is 57.2 Å². The summed E-state index contributed by atoms with van der Waals surface area (Å²) in [6.45, 7) is -0.703. The molecule has 0 aromatic heterocycles. The fourth-order valence-corrected chi connectivity index (χ4v) is 2.56. The van der Waals surface area contributed by atoms with Crippen LogP contribution in [0.25, 0.3) is 0 Å². The molecular formula is C8H7BrFO3S-. The van der Waals surface area contributed by atoms with Crippen molar-refractivity contribution in [2.45, 2.75) is 11.3 Å². The van der Waals surface area contributed by atoms with E-state index in [0.717, 1.165) is 0 Å². The Bertz CT molecular complexity index is 430. The van der Waals surface area contributed by atoms with E-state index in [1.165, 1.54) is 12.1 Å². The van der Waals surface area contributed by atoms with Gasteiger partial charge in [-0.1, -0.05) is 22.0 Å². The third-order valence-electron chi connectivity index (χ3n) is 1.69. The second-order valence-electron chi connectivity index (χ2n) is 2.61. The van der Waals surface area contributed by atoms with Gasteiger partial charge in [-0.3, -0.25) is 4.39 Å². The number of hydrogen-bond acceptors (Lipinski definition) is 3. The van der Waals surface area contributed by atoms with Crippen molar-refractivity contribution in [2.75, 3.05) is 6.67 Å². The van der Waals surface area contributed by atoms with Gasteiger partial charge in [0.15, 0.2) is 0 Å². The molecule has 0 radical (unpaired) electrons. The van der Waals surface area contributed by atoms with Gasteiger partial charge in [-0.2, -0.15) is 0 Å². The first kappa shape index (κ1) is 11.6. The molecule has 6 heteroatoms. The predicted molar refractivity (Wildman–Crippen MR) is 51.8 cm³/mol. The molecule has 0 amide bonds. The highest BCUT2D eigenvalue weighted by Gasteiger charge is 2.11. The second-order valence-corrected chi connectivity index (χ2v) is 4.81. The molecule has 0 aliphatic carbocycles. The largest absolute Gasteiger partial charge is 0.744 e. The molecule has 78 valence electrons. The number of halogens is 2. The molecule has 1 aromatic rings. The molecule has 0 atom stereocenters. The van der Waals surface area contributed by atoms with Crippen molar-refractivity contribution < 1.29 is 17.4 Å². The number of benzene rings is 1. The normalized spacial score (nSPS) is 11.6. The predicted octanol–water partition coefficient (Wildman–Crippen LogP) is 1.87. The molecule has 0 saturated heterocycles. The first-order valence-electron chi connectivity index (χ1n) is 3.76. The minimum absolute atomic E-state index is 0.0851. The Morgan fingerprint density at radius 3 is 2.57 bits per heavy atom. The molecule has 14 heavy (non-hydrogen) atoms. The van der Waals surface area contributed by atoms with Crippen LogP contribution in [-0.4, -0.2) is 19.6 Å². The van der Waals surface area contributed by atoms with Crippen LogP contribution in [0.15, 0.2) is 27.6 Å². The highest BCUT2D eigenvalue weighted by atomic mass is 79.9. The molecule has 0 aliphatic heterocycles. The Morgan fingerprint density at radius 1 is 1.43 bits per heavy atom. The Hall–Kier alpha value is -0.460. The van der Waals surface area contributed by atoms with Crippen LogP contribution in [0, 0.1) is 0 Å². The van der Waals surface area contributed by atoms with Crippen molar-refractivity contribution in [2.24, 2.45) is 0 Å². The van der Waals surface area contributed by atoms with E-state index in [4.69, 9.17) is 0 Å². The molecule has 0 aliphatic rings. The van der Waals surface area contributed by atoms with E-state index in [1.54, 1.807) is 6.07 Å². The van der Waals surface area contributed by atoms with E-state index in [-0.39, 0.29) is 16.9 Å². The summed E-state index contributed by atoms with van der Waals surface area (Å²) in [5.74, 6) is 0. The van der Waals surface area contributed by atoms with Gasteiger partial charge in [0, 0.05) is 10.9 Å². The van der Waals surface area contributed by atoms with Crippen LogP contribution in [0.3, 0.4) is 0 Å². The lowest BCUT2D eigenvalue weighted by Crippen LogP contribution is -2.04. The van der Waals surface area contributed by atoms with Gasteiger partial charge >= 0.3 is 0 Å². The molecule has 0 bridgehead atoms. The highest BCUT2D eigenvalue weighted by molar-refractivity contribution is 9.10. The van der Waals surface area contributed by atoms with E-state index in [9.17, 15) is 17.4 Å². The zero-order valence-corrected chi connectivity index (χ0v) is 9.44. The van der Waals surface area contributed by atoms with E-state index < -0.39 is 16.8 Å². The standard InChI is InChI=1S/C8H8BrFO3S/c9-7-2-1-3-8(14(11,12)13)6(7)4-5-10/h1-3H,4-5H2,(H,11,12,13)/p-1. The van der Waals surface area contributed by atoms with E-state index in [0.29, 0.717) is 4.47 Å². The van der Waals surface area contributed by atoms with Crippen LogP contribution in [0.2, 0.25) is 0 Å². The summed E-state index contributed by atoms with van der Waals surface area (Å²) < 4.78 is 44.9. The smallest absolute Gasteiger partial charge is 0.124 e. The maximum Gasteiger partial charge on any atom is 0.124 e. The number of hydrogen-bond donors (Lipinski definition) is 0. The Labute approximate surface area is 89.8 Å². The summed E-state index contributed by atoms with van der Waals surface area (Å²) in [5, 5.41) is 0. The zero-order valence-electron chi connectivity index (χ0n) is 7.04. The van der Waals surface area contributed by atoms with Gasteiger partial charge in [0.05, 0.1) is 11.6 Å². The van der Waals surface area contributed by atoms with Crippen LogP contribution >= 0.6 is 15.9 Å². The molecule has 3 nitrogen and oxygen atoms in total. The third-order valence-corrected chi connectivity index (χ3v) is 3.35. The van der Waals surface area contributed by atoms with Crippen molar-refractivity contribution in [1.82, 2.24) is 0 Å². The summed E-state index contributed by atoms with van der Waals surface area (Å²) in [7, 11) is -4.52. The third kappa shape index (κ3) is 2.52. The highest BCUT2D eigenvalue weighted by Crippen LogP contribution is 2.24. The minimum Gasteiger partial charge on any atom is -0.744 e. The van der Waals surface area contributed by atoms with Crippen molar-refractivity contribution in [3.8, 4) is 0 Å². The molecule has 1 rings (SSSR count). The summed E-state index contributed by atoms with van der Waals surface area (Å²) in [6.07, 6.45) is -0.0851. The Kier molecular flexibility index (Phi) is 3.63. The van der Waals surface area contributed by atoms with Gasteiger partial charge in [-0.25, -0.2) is 8.42 Å². The number of alkyl halides is 1. The summed E-state index contributed by atoms with van der Waals surface area (Å²) in [6, 6.07) is 4.17. The molecule has 0 N–H and O–H groups in total. The molecule has 0 spiro atoms. The molecule has 0 fully saturated rings. The van der Waals surface area contributed by atoms with Gasteiger partial charge in [0.25, 0.3) is 0 Å². The van der Waals surface area contributed by atoms with Gasteiger partial charge in [-0.15, -0.1) is 0 Å². The maximum atomic E-state index is 12.1. The summed E-state index contributed by atoms with van der Waals surface area (Å²) in [5.41, 5.74) is 0.199. The Balaban J connectivity index is 3.36. The lowest BCUT2D eigenvalue weighted by molar-refractivity contribution is 0.459. The van der Waals surface area contributed by atoms with Crippen molar-refractivity contribution >= 4 is 26.0 Å². The van der Waals surface area contributed by atoms with Crippen molar-refractivity contribution in [3.63, 3.8) is 0 Å². The first-order chi connectivity index (χ1) is 6.46. The minimum atomic E-state index is -4.52. The molecule has 0 heterocycles. The lowest BCUT2D eigenvalue weighted by Gasteiger charge is -2.13. The fraction of sp³-hybridized carbons (Fsp3) is 0.250. The van der Waals surface area contributed by atoms with E-state index in [1.807, 2.05) is 0 Å². The van der Waals surface area contributed by atoms with Crippen LogP contribution in [0.1, 0.15) is 5.56 Å². The molecule has 1 aromatic carbocycles. The van der Waals surface area contributed by atoms with Crippen LogP contribution < -0.4 is 0 Å². The lowest BCUT2D eigenvalue weighted by atomic mass is 10.2. The van der Waals surface area contributed by atoms with Crippen LogP contribution in [0.5, 0.6) is 0 Å². The average molecular weight is 282 g/mol. The Morgan fingerprint density at radius 2 is 2.07 bits per heavy atom. The average Bonchev–Trinajstić information content (AvgIpc) is 2.07. The van der Waals surface area contributed by atoms with Crippen molar-refractivity contribution in [3.05, 3.63) is 28.2 Å². The molecule has 0 saturated carbocycles. The summed E-state index contributed by atoms with van der Waals surface area (Å²) >= 11 is 3.07. The van der Waals surface area contributed by atoms with Gasteiger partial charge in [-0.05, 0) is 17.7 Å². The van der Waals surface area contributed by atoms with Crippen LogP contribution in [0.4, 0.5) is 4.39 Å². The number of rotatable bonds is 3. The van der Waals surface area contributed by atoms with Crippen molar-refractivity contribution in [1.29, 1.82) is 0 Å². The monoisotopic (exact) mass is 281 g/mol. The SMILES string of the molecule is O=S(=O)([O-])c1cccc(Br)c1CCF.